The minimum atomic E-state index is -4.51. The number of likely N-dealkylation sites (N-methyl/N-ethyl adjacent to an activating group) is 1. The van der Waals surface area contributed by atoms with Crippen molar-refractivity contribution in [1.29, 1.82) is 0 Å². The van der Waals surface area contributed by atoms with Crippen LogP contribution in [-0.2, 0) is 34.5 Å². The number of alkyl halides is 3. The van der Waals surface area contributed by atoms with E-state index >= 15 is 0 Å². The van der Waals surface area contributed by atoms with E-state index in [0.717, 1.165) is 24.3 Å². The molecular formula is C29H35F3N6O6S. The number of rotatable bonds is 8. The van der Waals surface area contributed by atoms with Gasteiger partial charge in [0.1, 0.15) is 11.9 Å². The molecule has 1 aliphatic heterocycles. The lowest BCUT2D eigenvalue weighted by atomic mass is 10.0. The molecule has 3 aromatic rings. The van der Waals surface area contributed by atoms with E-state index in [2.05, 4.69) is 15.0 Å². The number of sulfonamides is 1. The average molecular weight is 653 g/mol. The van der Waals surface area contributed by atoms with Gasteiger partial charge in [-0.2, -0.15) is 21.6 Å². The molecule has 4 rings (SSSR count). The van der Waals surface area contributed by atoms with E-state index < -0.39 is 39.9 Å². The highest BCUT2D eigenvalue weighted by atomic mass is 32.2. The zero-order chi connectivity index (χ0) is 33.1. The van der Waals surface area contributed by atoms with Crippen LogP contribution in [0.2, 0.25) is 0 Å². The van der Waals surface area contributed by atoms with Gasteiger partial charge in [0.15, 0.2) is 5.03 Å². The van der Waals surface area contributed by atoms with Crippen LogP contribution in [0.15, 0.2) is 60.0 Å². The molecule has 0 radical (unpaired) electrons. The Morgan fingerprint density at radius 2 is 1.87 bits per heavy atom. The molecule has 3 N–H and O–H groups in total. The van der Waals surface area contributed by atoms with E-state index in [1.54, 1.807) is 14.0 Å². The summed E-state index contributed by atoms with van der Waals surface area (Å²) in [5.74, 6) is -0.361. The topological polar surface area (TPSA) is 146 Å². The van der Waals surface area contributed by atoms with Crippen molar-refractivity contribution in [1.82, 2.24) is 19.4 Å². The third kappa shape index (κ3) is 8.25. The van der Waals surface area contributed by atoms with E-state index in [1.807, 2.05) is 6.92 Å². The third-order valence-corrected chi connectivity index (χ3v) is 8.66. The Hall–Kier alpha value is -4.31. The first-order chi connectivity index (χ1) is 21.1. The largest absolute Gasteiger partial charge is 0.488 e. The molecule has 0 unspecified atom stereocenters. The number of aliphatic hydroxyl groups excluding tert-OH is 1. The van der Waals surface area contributed by atoms with Gasteiger partial charge in [-0.1, -0.05) is 6.92 Å². The van der Waals surface area contributed by atoms with Crippen LogP contribution < -0.4 is 14.8 Å². The molecule has 12 nitrogen and oxygen atoms in total. The van der Waals surface area contributed by atoms with Crippen LogP contribution in [-0.4, -0.2) is 83.7 Å². The number of hydrogen-bond acceptors (Lipinski definition) is 7. The zero-order valence-corrected chi connectivity index (χ0v) is 25.9. The molecule has 3 atom stereocenters. The summed E-state index contributed by atoms with van der Waals surface area (Å²) in [6.45, 7) is 3.44. The summed E-state index contributed by atoms with van der Waals surface area (Å²) in [5.41, 5.74) is -0.117. The van der Waals surface area contributed by atoms with Crippen molar-refractivity contribution in [3.05, 3.63) is 66.1 Å². The van der Waals surface area contributed by atoms with E-state index in [0.29, 0.717) is 11.3 Å². The van der Waals surface area contributed by atoms with Crippen LogP contribution in [0.5, 0.6) is 5.75 Å². The first kappa shape index (κ1) is 33.6. The molecule has 2 heterocycles. The fourth-order valence-electron chi connectivity index (χ4n) is 4.76. The van der Waals surface area contributed by atoms with Crippen molar-refractivity contribution >= 4 is 33.3 Å². The van der Waals surface area contributed by atoms with Crippen LogP contribution in [0.1, 0.15) is 25.0 Å². The summed E-state index contributed by atoms with van der Waals surface area (Å²) < 4.78 is 74.8. The number of benzene rings is 2. The smallest absolute Gasteiger partial charge is 0.416 e. The maximum atomic E-state index is 13.4. The van der Waals surface area contributed by atoms with Crippen LogP contribution in [0.4, 0.5) is 29.3 Å². The number of imidazole rings is 1. The number of amides is 3. The summed E-state index contributed by atoms with van der Waals surface area (Å²) in [7, 11) is -0.890. The van der Waals surface area contributed by atoms with Crippen molar-refractivity contribution in [3.63, 3.8) is 0 Å². The standard InChI is InChI=1S/C29H35F3N6O6S/c1-18-13-38(19(2)16-39)27(40)12-20-11-23(35-45(42,43)26-15-36(3)17-33-26)9-10-24(20)44-25(18)14-37(4)28(41)34-22-7-5-21(6-8-22)29(30,31)32/h5-11,15,17-19,25,35,39H,12-14,16H2,1-4H3,(H,34,41)/t18-,19-,25-/m0/s1. The molecule has 2 aromatic carbocycles. The molecule has 16 heteroatoms. The Labute approximate surface area is 258 Å². The van der Waals surface area contributed by atoms with Gasteiger partial charge in [0.25, 0.3) is 10.0 Å². The van der Waals surface area contributed by atoms with Gasteiger partial charge in [-0.3, -0.25) is 9.52 Å². The van der Waals surface area contributed by atoms with Crippen LogP contribution >= 0.6 is 0 Å². The second-order valence-electron chi connectivity index (χ2n) is 11.1. The normalized spacial score (nSPS) is 18.1. The first-order valence-corrected chi connectivity index (χ1v) is 15.5. The highest BCUT2D eigenvalue weighted by Crippen LogP contribution is 2.31. The quantitative estimate of drug-likeness (QED) is 0.338. The minimum absolute atomic E-state index is 0.0245. The second-order valence-corrected chi connectivity index (χ2v) is 12.7. The molecule has 0 spiro atoms. The number of carbonyl (C=O) groups is 2. The number of carbonyl (C=O) groups excluding carboxylic acids is 2. The summed E-state index contributed by atoms with van der Waals surface area (Å²) in [4.78, 5) is 33.1. The number of urea groups is 1. The summed E-state index contributed by atoms with van der Waals surface area (Å²) in [5, 5.41) is 12.2. The van der Waals surface area contributed by atoms with E-state index in [-0.39, 0.29) is 54.3 Å². The van der Waals surface area contributed by atoms with Crippen molar-refractivity contribution in [3.8, 4) is 5.75 Å². The summed E-state index contributed by atoms with van der Waals surface area (Å²) in [6, 6.07) is 7.43. The van der Waals surface area contributed by atoms with Gasteiger partial charge >= 0.3 is 12.2 Å². The monoisotopic (exact) mass is 652 g/mol. The van der Waals surface area contributed by atoms with Gasteiger partial charge in [0.2, 0.25) is 5.91 Å². The number of nitrogens with one attached hydrogen (secondary N) is 2. The number of halogens is 3. The third-order valence-electron chi connectivity index (χ3n) is 7.39. The molecule has 3 amide bonds. The predicted octanol–water partition coefficient (Wildman–Crippen LogP) is 3.55. The van der Waals surface area contributed by atoms with E-state index in [4.69, 9.17) is 4.74 Å². The lowest BCUT2D eigenvalue weighted by Gasteiger charge is -2.34. The molecule has 1 aromatic heterocycles. The highest BCUT2D eigenvalue weighted by molar-refractivity contribution is 7.92. The number of aryl methyl sites for hydroxylation is 1. The van der Waals surface area contributed by atoms with Crippen LogP contribution in [0.25, 0.3) is 0 Å². The molecule has 0 saturated carbocycles. The fourth-order valence-corrected chi connectivity index (χ4v) is 5.79. The molecule has 45 heavy (non-hydrogen) atoms. The van der Waals surface area contributed by atoms with E-state index in [9.17, 15) is 36.3 Å². The Balaban J connectivity index is 1.58. The number of ether oxygens (including phenoxy) is 1. The van der Waals surface area contributed by atoms with Gasteiger partial charge in [0.05, 0.1) is 37.5 Å². The molecule has 0 saturated heterocycles. The fraction of sp³-hybridized carbons (Fsp3) is 0.414. The lowest BCUT2D eigenvalue weighted by molar-refractivity contribution is -0.137. The number of aromatic nitrogens is 2. The number of fused-ring (bicyclic) bond motifs is 1. The predicted molar refractivity (Wildman–Crippen MR) is 159 cm³/mol. The zero-order valence-electron chi connectivity index (χ0n) is 25.1. The van der Waals surface area contributed by atoms with Gasteiger partial charge < -0.3 is 29.5 Å². The Bertz CT molecular complexity index is 1630. The first-order valence-electron chi connectivity index (χ1n) is 14.0. The average Bonchev–Trinajstić information content (AvgIpc) is 3.43. The number of hydrogen-bond donors (Lipinski definition) is 3. The summed E-state index contributed by atoms with van der Waals surface area (Å²) >= 11 is 0. The van der Waals surface area contributed by atoms with Gasteiger partial charge in [-0.05, 0) is 49.4 Å². The van der Waals surface area contributed by atoms with Crippen LogP contribution in [0, 0.1) is 5.92 Å². The van der Waals surface area contributed by atoms with Gasteiger partial charge in [-0.25, -0.2) is 9.78 Å². The van der Waals surface area contributed by atoms with E-state index in [1.165, 1.54) is 52.1 Å². The molecule has 0 bridgehead atoms. The van der Waals surface area contributed by atoms with Gasteiger partial charge in [0, 0.05) is 49.7 Å². The van der Waals surface area contributed by atoms with Gasteiger partial charge in [-0.15, -0.1) is 0 Å². The second kappa shape index (κ2) is 13.4. The van der Waals surface area contributed by atoms with Crippen LogP contribution in [0.3, 0.4) is 0 Å². The molecule has 0 fully saturated rings. The summed E-state index contributed by atoms with van der Waals surface area (Å²) in [6.07, 6.45) is -2.64. The molecular weight excluding hydrogens is 617 g/mol. The minimum Gasteiger partial charge on any atom is -0.488 e. The van der Waals surface area contributed by atoms with Crippen molar-refractivity contribution in [2.24, 2.45) is 13.0 Å². The SMILES string of the molecule is C[C@H]1CN([C@@H](C)CO)C(=O)Cc2cc(NS(=O)(=O)c3cn(C)cn3)ccc2O[C@H]1CN(C)C(=O)Nc1ccc(C(F)(F)F)cc1. The Morgan fingerprint density at radius 1 is 1.20 bits per heavy atom. The molecule has 0 aliphatic carbocycles. The maximum Gasteiger partial charge on any atom is 0.416 e. The number of aliphatic hydroxyl groups is 1. The lowest BCUT2D eigenvalue weighted by Crippen LogP contribution is -2.48. The Kier molecular flexibility index (Phi) is 9.97. The highest BCUT2D eigenvalue weighted by Gasteiger charge is 2.33. The number of anilines is 2. The maximum absolute atomic E-state index is 13.4. The Morgan fingerprint density at radius 3 is 2.47 bits per heavy atom. The molecule has 244 valence electrons. The van der Waals surface area contributed by atoms with Crippen molar-refractivity contribution < 1.29 is 41.0 Å². The van der Waals surface area contributed by atoms with Crippen molar-refractivity contribution in [2.45, 2.75) is 43.6 Å². The number of nitrogens with zero attached hydrogens (tertiary/aromatic N) is 4. The van der Waals surface area contributed by atoms with Crippen molar-refractivity contribution in [2.75, 3.05) is 36.8 Å². The molecule has 1 aliphatic rings.